The number of non-ortho nitro benzene ring substituents is 1. The Morgan fingerprint density at radius 1 is 1.33 bits per heavy atom. The summed E-state index contributed by atoms with van der Waals surface area (Å²) in [5.74, 6) is -0.262. The first kappa shape index (κ1) is 20.5. The normalized spacial score (nSPS) is 17.6. The fourth-order valence-corrected chi connectivity index (χ4v) is 2.59. The van der Waals surface area contributed by atoms with E-state index >= 15 is 0 Å². The second-order valence-corrected chi connectivity index (χ2v) is 6.26. The van der Waals surface area contributed by atoms with Crippen molar-refractivity contribution in [2.24, 2.45) is 5.16 Å². The summed E-state index contributed by atoms with van der Waals surface area (Å²) in [6.45, 7) is 1.78. The van der Waals surface area contributed by atoms with Crippen molar-refractivity contribution in [3.63, 3.8) is 0 Å². The minimum absolute atomic E-state index is 0.0456. The van der Waals surface area contributed by atoms with Gasteiger partial charge in [0.25, 0.3) is 5.69 Å². The van der Waals surface area contributed by atoms with E-state index in [0.717, 1.165) is 0 Å². The average molecular weight is 397 g/mol. The molecule has 1 fully saturated rings. The molecule has 0 aliphatic carbocycles. The number of hydrogen-bond acceptors (Lipinski definition) is 9. The maximum atomic E-state index is 12.3. The zero-order valence-corrected chi connectivity index (χ0v) is 15.5. The number of ether oxygens (including phenoxy) is 2. The van der Waals surface area contributed by atoms with E-state index in [4.69, 9.17) is 14.3 Å². The predicted molar refractivity (Wildman–Crippen MR) is 97.4 cm³/mol. The minimum atomic E-state index is -0.650. The molecule has 0 bridgehead atoms. The van der Waals surface area contributed by atoms with Crippen molar-refractivity contribution in [2.75, 3.05) is 19.8 Å². The van der Waals surface area contributed by atoms with E-state index in [2.05, 4.69) is 17.8 Å². The van der Waals surface area contributed by atoms with Crippen LogP contribution >= 0.6 is 12.6 Å². The standard InChI is InChI=1S/C16H19N3O7S/c1-2-24-15(20)10-26-17-14-7-13(27)8-18(14)16(21)25-9-11-3-5-12(6-4-11)19(22)23/h3-6,13,27H,2,7-10H2,1H3/b17-14+. The van der Waals surface area contributed by atoms with Crippen LogP contribution < -0.4 is 0 Å². The molecule has 2 rings (SSSR count). The van der Waals surface area contributed by atoms with Gasteiger partial charge in [-0.1, -0.05) is 5.16 Å². The van der Waals surface area contributed by atoms with Gasteiger partial charge in [-0.3, -0.25) is 15.0 Å². The highest BCUT2D eigenvalue weighted by molar-refractivity contribution is 7.81. The van der Waals surface area contributed by atoms with Crippen LogP contribution in [0.3, 0.4) is 0 Å². The predicted octanol–water partition coefficient (Wildman–Crippen LogP) is 2.13. The van der Waals surface area contributed by atoms with Gasteiger partial charge in [0.1, 0.15) is 6.61 Å². The number of amidine groups is 1. The van der Waals surface area contributed by atoms with Crippen LogP contribution in [0.2, 0.25) is 0 Å². The van der Waals surface area contributed by atoms with Crippen molar-refractivity contribution in [3.05, 3.63) is 39.9 Å². The Balaban J connectivity index is 1.90. The molecule has 1 aromatic carbocycles. The number of carbonyl (C=O) groups excluding carboxylic acids is 2. The lowest BCUT2D eigenvalue weighted by molar-refractivity contribution is -0.384. The lowest BCUT2D eigenvalue weighted by atomic mass is 10.2. The Bertz CT molecular complexity index is 723. The number of nitro groups is 1. The zero-order chi connectivity index (χ0) is 19.8. The number of carbonyl (C=O) groups is 2. The number of benzene rings is 1. The summed E-state index contributed by atoms with van der Waals surface area (Å²) in [7, 11) is 0. The van der Waals surface area contributed by atoms with Crippen LogP contribution in [0, 0.1) is 10.1 Å². The summed E-state index contributed by atoms with van der Waals surface area (Å²) >= 11 is 4.33. The number of oxime groups is 1. The van der Waals surface area contributed by atoms with Gasteiger partial charge in [0.15, 0.2) is 5.84 Å². The smallest absolute Gasteiger partial charge is 0.415 e. The van der Waals surface area contributed by atoms with Crippen LogP contribution in [0.5, 0.6) is 0 Å². The number of likely N-dealkylation sites (tertiary alicyclic amines) is 1. The van der Waals surface area contributed by atoms with Crippen LogP contribution in [-0.4, -0.2) is 52.7 Å². The summed E-state index contributed by atoms with van der Waals surface area (Å²) in [5.41, 5.74) is 0.559. The fraction of sp³-hybridized carbons (Fsp3) is 0.438. The molecule has 1 heterocycles. The summed E-state index contributed by atoms with van der Waals surface area (Å²) in [5, 5.41) is 14.3. The maximum Gasteiger partial charge on any atom is 0.415 e. The van der Waals surface area contributed by atoms with Gasteiger partial charge in [-0.05, 0) is 24.6 Å². The molecule has 10 nitrogen and oxygen atoms in total. The van der Waals surface area contributed by atoms with Gasteiger partial charge in [0, 0.05) is 30.3 Å². The Morgan fingerprint density at radius 3 is 2.67 bits per heavy atom. The molecule has 0 N–H and O–H groups in total. The summed E-state index contributed by atoms with van der Waals surface area (Å²) in [6, 6.07) is 5.68. The van der Waals surface area contributed by atoms with Gasteiger partial charge in [-0.15, -0.1) is 0 Å². The molecule has 0 aromatic heterocycles. The van der Waals surface area contributed by atoms with Gasteiger partial charge >= 0.3 is 12.1 Å². The van der Waals surface area contributed by atoms with Crippen LogP contribution in [0.25, 0.3) is 0 Å². The van der Waals surface area contributed by atoms with Gasteiger partial charge in [0.05, 0.1) is 11.5 Å². The molecule has 1 amide bonds. The Morgan fingerprint density at radius 2 is 2.04 bits per heavy atom. The lowest BCUT2D eigenvalue weighted by Crippen LogP contribution is -2.33. The van der Waals surface area contributed by atoms with Crippen molar-refractivity contribution >= 4 is 36.2 Å². The van der Waals surface area contributed by atoms with Crippen molar-refractivity contribution in [2.45, 2.75) is 25.2 Å². The number of esters is 1. The first-order valence-electron chi connectivity index (χ1n) is 8.10. The molecule has 1 atom stereocenters. The van der Waals surface area contributed by atoms with E-state index in [0.29, 0.717) is 17.8 Å². The van der Waals surface area contributed by atoms with Crippen LogP contribution in [-0.2, 0) is 25.7 Å². The minimum Gasteiger partial charge on any atom is -0.463 e. The van der Waals surface area contributed by atoms with Crippen molar-refractivity contribution in [1.82, 2.24) is 4.90 Å². The molecule has 1 aliphatic heterocycles. The molecule has 0 radical (unpaired) electrons. The molecule has 0 saturated carbocycles. The van der Waals surface area contributed by atoms with E-state index in [1.54, 1.807) is 6.92 Å². The van der Waals surface area contributed by atoms with Crippen molar-refractivity contribution in [1.29, 1.82) is 0 Å². The molecule has 1 aromatic rings. The molecular weight excluding hydrogens is 378 g/mol. The molecule has 0 spiro atoms. The highest BCUT2D eigenvalue weighted by Gasteiger charge is 2.32. The largest absolute Gasteiger partial charge is 0.463 e. The third-order valence-electron chi connectivity index (χ3n) is 3.51. The second kappa shape index (κ2) is 9.76. The Kier molecular flexibility index (Phi) is 7.41. The molecule has 1 unspecified atom stereocenters. The van der Waals surface area contributed by atoms with Crippen molar-refractivity contribution < 1.29 is 28.8 Å². The monoisotopic (exact) mass is 397 g/mol. The van der Waals surface area contributed by atoms with Crippen molar-refractivity contribution in [3.8, 4) is 0 Å². The topological polar surface area (TPSA) is 121 Å². The summed E-state index contributed by atoms with van der Waals surface area (Å²) < 4.78 is 9.93. The third kappa shape index (κ3) is 6.13. The van der Waals surface area contributed by atoms with E-state index in [-0.39, 0.29) is 37.3 Å². The fourth-order valence-electron chi connectivity index (χ4n) is 2.27. The second-order valence-electron chi connectivity index (χ2n) is 5.53. The molecule has 1 aliphatic rings. The number of thiol groups is 1. The van der Waals surface area contributed by atoms with Gasteiger partial charge in [-0.2, -0.15) is 12.6 Å². The number of amides is 1. The van der Waals surface area contributed by atoms with Crippen LogP contribution in [0.15, 0.2) is 29.4 Å². The third-order valence-corrected chi connectivity index (χ3v) is 3.86. The quantitative estimate of drug-likeness (QED) is 0.324. The molecular formula is C16H19N3O7S. The highest BCUT2D eigenvalue weighted by atomic mass is 32.1. The van der Waals surface area contributed by atoms with Gasteiger partial charge in [0.2, 0.25) is 6.61 Å². The SMILES string of the molecule is CCOC(=O)CO/N=C1\CC(S)CN1C(=O)OCc1ccc([N+](=O)[O-])cc1. The number of nitrogens with zero attached hydrogens (tertiary/aromatic N) is 3. The first-order chi connectivity index (χ1) is 12.9. The molecule has 146 valence electrons. The maximum absolute atomic E-state index is 12.3. The number of nitro benzene ring substituents is 1. The number of rotatable bonds is 7. The van der Waals surface area contributed by atoms with Crippen LogP contribution in [0.1, 0.15) is 18.9 Å². The zero-order valence-electron chi connectivity index (χ0n) is 14.6. The molecule has 27 heavy (non-hydrogen) atoms. The number of hydrogen-bond donors (Lipinski definition) is 1. The Hall–Kier alpha value is -2.82. The Labute approximate surface area is 160 Å². The molecule has 11 heteroatoms. The van der Waals surface area contributed by atoms with E-state index in [1.165, 1.54) is 29.2 Å². The van der Waals surface area contributed by atoms with Gasteiger partial charge in [-0.25, -0.2) is 9.59 Å². The van der Waals surface area contributed by atoms with E-state index in [1.807, 2.05) is 0 Å². The summed E-state index contributed by atoms with van der Waals surface area (Å²) in [4.78, 5) is 39.9. The first-order valence-corrected chi connectivity index (χ1v) is 8.62. The van der Waals surface area contributed by atoms with Crippen LogP contribution in [0.4, 0.5) is 10.5 Å². The van der Waals surface area contributed by atoms with E-state index in [9.17, 15) is 19.7 Å². The summed E-state index contributed by atoms with van der Waals surface area (Å²) in [6.07, 6.45) is -0.276. The lowest BCUT2D eigenvalue weighted by Gasteiger charge is -2.16. The van der Waals surface area contributed by atoms with E-state index < -0.39 is 17.0 Å². The molecule has 1 saturated heterocycles. The average Bonchev–Trinajstić information content (AvgIpc) is 3.01. The highest BCUT2D eigenvalue weighted by Crippen LogP contribution is 2.19. The van der Waals surface area contributed by atoms with Gasteiger partial charge < -0.3 is 14.3 Å².